The molecule has 0 radical (unpaired) electrons. The Hall–Kier alpha value is -2.39. The standard InChI is InChI=1S/C20H23BrN4O3S/c1-4-27-17-10-13(15(21)11-18(17)28-5-2)12-29-20-24-23-19(25(20)22)14-8-6-7-9-16(14)26-3/h6-11H,4-5,12,22H2,1-3H3. The molecule has 0 saturated carbocycles. The van der Waals surface area contributed by atoms with Gasteiger partial charge in [-0.2, -0.15) is 0 Å². The molecule has 0 amide bonds. The summed E-state index contributed by atoms with van der Waals surface area (Å²) in [5, 5.41) is 9.09. The zero-order valence-electron chi connectivity index (χ0n) is 16.5. The van der Waals surface area contributed by atoms with Crippen LogP contribution in [0.5, 0.6) is 17.2 Å². The van der Waals surface area contributed by atoms with Crippen LogP contribution in [0.15, 0.2) is 46.0 Å². The molecule has 0 atom stereocenters. The quantitative estimate of drug-likeness (QED) is 0.357. The summed E-state index contributed by atoms with van der Waals surface area (Å²) in [4.78, 5) is 0. The maximum Gasteiger partial charge on any atom is 0.210 e. The lowest BCUT2D eigenvalue weighted by atomic mass is 10.2. The lowest BCUT2D eigenvalue weighted by molar-refractivity contribution is 0.287. The molecule has 1 heterocycles. The van der Waals surface area contributed by atoms with Gasteiger partial charge in [-0.05, 0) is 43.7 Å². The van der Waals surface area contributed by atoms with Crippen molar-refractivity contribution in [3.8, 4) is 28.6 Å². The summed E-state index contributed by atoms with van der Waals surface area (Å²) in [6.45, 7) is 5.03. The van der Waals surface area contributed by atoms with E-state index in [4.69, 9.17) is 20.1 Å². The average molecular weight is 479 g/mol. The number of halogens is 1. The number of thioether (sulfide) groups is 1. The van der Waals surface area contributed by atoms with E-state index >= 15 is 0 Å². The molecule has 3 aromatic rings. The van der Waals surface area contributed by atoms with E-state index in [1.165, 1.54) is 16.4 Å². The molecular formula is C20H23BrN4O3S. The number of aromatic nitrogens is 3. The lowest BCUT2D eigenvalue weighted by Gasteiger charge is -2.14. The van der Waals surface area contributed by atoms with Gasteiger partial charge in [0.25, 0.3) is 0 Å². The molecule has 0 spiro atoms. The molecule has 154 valence electrons. The average Bonchev–Trinajstić information content (AvgIpc) is 3.09. The summed E-state index contributed by atoms with van der Waals surface area (Å²) in [5.41, 5.74) is 1.83. The maximum absolute atomic E-state index is 6.26. The van der Waals surface area contributed by atoms with Crippen LogP contribution in [0, 0.1) is 0 Å². The van der Waals surface area contributed by atoms with E-state index in [2.05, 4.69) is 26.1 Å². The first kappa shape index (κ1) is 21.3. The molecule has 0 aliphatic carbocycles. The second-order valence-corrected chi connectivity index (χ2v) is 7.72. The van der Waals surface area contributed by atoms with Gasteiger partial charge in [0, 0.05) is 10.2 Å². The summed E-state index contributed by atoms with van der Waals surface area (Å²) < 4.78 is 19.2. The lowest BCUT2D eigenvalue weighted by Crippen LogP contribution is -2.12. The van der Waals surface area contributed by atoms with E-state index < -0.39 is 0 Å². The highest BCUT2D eigenvalue weighted by Crippen LogP contribution is 2.37. The zero-order chi connectivity index (χ0) is 20.8. The van der Waals surface area contributed by atoms with Gasteiger partial charge in [0.1, 0.15) is 5.75 Å². The van der Waals surface area contributed by atoms with Gasteiger partial charge in [-0.25, -0.2) is 4.68 Å². The predicted octanol–water partition coefficient (Wildman–Crippen LogP) is 4.52. The fourth-order valence-corrected chi connectivity index (χ4v) is 4.25. The van der Waals surface area contributed by atoms with E-state index in [0.29, 0.717) is 35.7 Å². The van der Waals surface area contributed by atoms with Crippen molar-refractivity contribution in [2.75, 3.05) is 26.2 Å². The van der Waals surface area contributed by atoms with Crippen molar-refractivity contribution in [2.24, 2.45) is 0 Å². The molecule has 3 rings (SSSR count). The molecule has 0 aliphatic heterocycles. The first-order valence-corrected chi connectivity index (χ1v) is 10.9. The Bertz CT molecular complexity index is 980. The maximum atomic E-state index is 6.26. The Morgan fingerprint density at radius 1 is 1.03 bits per heavy atom. The van der Waals surface area contributed by atoms with Crippen LogP contribution >= 0.6 is 27.7 Å². The van der Waals surface area contributed by atoms with Crippen molar-refractivity contribution >= 4 is 27.7 Å². The van der Waals surface area contributed by atoms with Crippen LogP contribution in [0.2, 0.25) is 0 Å². The normalized spacial score (nSPS) is 10.8. The third-order valence-electron chi connectivity index (χ3n) is 4.08. The Labute approximate surface area is 182 Å². The predicted molar refractivity (Wildman–Crippen MR) is 118 cm³/mol. The largest absolute Gasteiger partial charge is 0.496 e. The molecule has 9 heteroatoms. The fraction of sp³-hybridized carbons (Fsp3) is 0.300. The summed E-state index contributed by atoms with van der Waals surface area (Å²) in [7, 11) is 1.62. The van der Waals surface area contributed by atoms with Gasteiger partial charge in [0.2, 0.25) is 5.16 Å². The van der Waals surface area contributed by atoms with E-state index in [0.717, 1.165) is 27.1 Å². The third-order valence-corrected chi connectivity index (χ3v) is 5.81. The van der Waals surface area contributed by atoms with Gasteiger partial charge in [0.05, 0.1) is 25.9 Å². The number of benzene rings is 2. The number of para-hydroxylation sites is 1. The van der Waals surface area contributed by atoms with Crippen LogP contribution in [0.4, 0.5) is 0 Å². The minimum Gasteiger partial charge on any atom is -0.496 e. The van der Waals surface area contributed by atoms with Crippen LogP contribution < -0.4 is 20.1 Å². The summed E-state index contributed by atoms with van der Waals surface area (Å²) >= 11 is 5.10. The van der Waals surface area contributed by atoms with Crippen molar-refractivity contribution in [1.82, 2.24) is 14.9 Å². The highest BCUT2D eigenvalue weighted by molar-refractivity contribution is 9.10. The second-order valence-electron chi connectivity index (χ2n) is 5.92. The van der Waals surface area contributed by atoms with Gasteiger partial charge in [-0.1, -0.05) is 39.8 Å². The molecule has 0 saturated heterocycles. The number of rotatable bonds is 9. The Kier molecular flexibility index (Phi) is 7.27. The van der Waals surface area contributed by atoms with E-state index in [-0.39, 0.29) is 0 Å². The minimum absolute atomic E-state index is 0.547. The van der Waals surface area contributed by atoms with Crippen LogP contribution in [0.25, 0.3) is 11.4 Å². The highest BCUT2D eigenvalue weighted by atomic mass is 79.9. The van der Waals surface area contributed by atoms with Crippen LogP contribution in [0.3, 0.4) is 0 Å². The number of nitrogen functional groups attached to an aromatic ring is 1. The van der Waals surface area contributed by atoms with Gasteiger partial charge in [-0.3, -0.25) is 0 Å². The number of methoxy groups -OCH3 is 1. The minimum atomic E-state index is 0.547. The first-order valence-electron chi connectivity index (χ1n) is 9.13. The number of ether oxygens (including phenoxy) is 3. The van der Waals surface area contributed by atoms with E-state index in [9.17, 15) is 0 Å². The Balaban J connectivity index is 1.82. The van der Waals surface area contributed by atoms with Gasteiger partial charge < -0.3 is 20.1 Å². The SMILES string of the molecule is CCOc1cc(Br)c(CSc2nnc(-c3ccccc3OC)n2N)cc1OCC. The molecule has 0 fully saturated rings. The Morgan fingerprint density at radius 3 is 2.41 bits per heavy atom. The highest BCUT2D eigenvalue weighted by Gasteiger charge is 2.17. The van der Waals surface area contributed by atoms with Gasteiger partial charge in [0.15, 0.2) is 17.3 Å². The van der Waals surface area contributed by atoms with E-state index in [1.54, 1.807) is 7.11 Å². The topological polar surface area (TPSA) is 84.4 Å². The van der Waals surface area contributed by atoms with Crippen molar-refractivity contribution in [3.63, 3.8) is 0 Å². The second kappa shape index (κ2) is 9.89. The number of nitrogens with two attached hydrogens (primary N) is 1. The molecule has 2 N–H and O–H groups in total. The summed E-state index contributed by atoms with van der Waals surface area (Å²) in [5.74, 6) is 9.57. The zero-order valence-corrected chi connectivity index (χ0v) is 18.9. The fourth-order valence-electron chi connectivity index (χ4n) is 2.76. The monoisotopic (exact) mass is 478 g/mol. The number of hydrogen-bond acceptors (Lipinski definition) is 7. The van der Waals surface area contributed by atoms with Gasteiger partial charge in [-0.15, -0.1) is 10.2 Å². The van der Waals surface area contributed by atoms with Crippen molar-refractivity contribution in [3.05, 3.63) is 46.4 Å². The van der Waals surface area contributed by atoms with Crippen LogP contribution in [-0.2, 0) is 5.75 Å². The smallest absolute Gasteiger partial charge is 0.210 e. The van der Waals surface area contributed by atoms with Crippen LogP contribution in [-0.4, -0.2) is 35.2 Å². The molecule has 29 heavy (non-hydrogen) atoms. The molecule has 2 aromatic carbocycles. The Morgan fingerprint density at radius 2 is 1.72 bits per heavy atom. The van der Waals surface area contributed by atoms with Gasteiger partial charge >= 0.3 is 0 Å². The number of nitrogens with zero attached hydrogens (tertiary/aromatic N) is 3. The molecule has 0 unspecified atom stereocenters. The molecule has 0 aliphatic rings. The van der Waals surface area contributed by atoms with Crippen LogP contribution in [0.1, 0.15) is 19.4 Å². The molecule has 1 aromatic heterocycles. The molecule has 0 bridgehead atoms. The van der Waals surface area contributed by atoms with E-state index in [1.807, 2.05) is 50.2 Å². The summed E-state index contributed by atoms with van der Waals surface area (Å²) in [6.07, 6.45) is 0. The number of hydrogen-bond donors (Lipinski definition) is 1. The molecular weight excluding hydrogens is 456 g/mol. The van der Waals surface area contributed by atoms with Crippen molar-refractivity contribution < 1.29 is 14.2 Å². The molecule has 7 nitrogen and oxygen atoms in total. The van der Waals surface area contributed by atoms with Crippen molar-refractivity contribution in [2.45, 2.75) is 24.8 Å². The summed E-state index contributed by atoms with van der Waals surface area (Å²) in [6, 6.07) is 11.5. The third kappa shape index (κ3) is 4.79. The van der Waals surface area contributed by atoms with Crippen molar-refractivity contribution in [1.29, 1.82) is 0 Å². The first-order chi connectivity index (χ1) is 14.1.